The Balaban J connectivity index is 2.26. The Morgan fingerprint density at radius 3 is 2.70 bits per heavy atom. The largest absolute Gasteiger partial charge is 0.320 e. The summed E-state index contributed by atoms with van der Waals surface area (Å²) in [6.07, 6.45) is 1.94. The fourth-order valence-electron chi connectivity index (χ4n) is 1.79. The van der Waals surface area contributed by atoms with Crippen molar-refractivity contribution in [3.05, 3.63) is 45.8 Å². The number of rotatable bonds is 5. The summed E-state index contributed by atoms with van der Waals surface area (Å²) in [6.45, 7) is 1.69. The summed E-state index contributed by atoms with van der Waals surface area (Å²) in [5.74, 6) is -0.761. The molecule has 0 saturated carbocycles. The molecule has 2 aromatic rings. The molecule has 1 aromatic heterocycles. The lowest BCUT2D eigenvalue weighted by atomic mass is 10.2. The van der Waals surface area contributed by atoms with Crippen LogP contribution in [0.25, 0.3) is 0 Å². The molecule has 0 saturated heterocycles. The van der Waals surface area contributed by atoms with Gasteiger partial charge in [0.1, 0.15) is 6.20 Å². The molecule has 0 aliphatic heterocycles. The summed E-state index contributed by atoms with van der Waals surface area (Å²) in [6, 6.07) is 4.56. The monoisotopic (exact) mass is 339 g/mol. The molecule has 23 heavy (non-hydrogen) atoms. The van der Waals surface area contributed by atoms with E-state index in [4.69, 9.17) is 0 Å². The maximum Gasteiger partial charge on any atom is 0.319 e. The zero-order chi connectivity index (χ0) is 17.2. The molecule has 0 atom stereocenters. The second kappa shape index (κ2) is 6.04. The third-order valence-electron chi connectivity index (χ3n) is 2.83. The number of sulfonamides is 1. The lowest BCUT2D eigenvalue weighted by molar-refractivity contribution is -0.385. The van der Waals surface area contributed by atoms with E-state index in [1.807, 2.05) is 0 Å². The quantitative estimate of drug-likeness (QED) is 0.551. The Kier molecular flexibility index (Phi) is 4.31. The molecule has 0 spiro atoms. The van der Waals surface area contributed by atoms with Crippen LogP contribution in [0.2, 0.25) is 0 Å². The molecule has 0 unspecified atom stereocenters. The third-order valence-corrected chi connectivity index (χ3v) is 3.42. The summed E-state index contributed by atoms with van der Waals surface area (Å²) >= 11 is 0. The second-order valence-electron chi connectivity index (χ2n) is 4.75. The van der Waals surface area contributed by atoms with Gasteiger partial charge in [0.2, 0.25) is 15.7 Å². The van der Waals surface area contributed by atoms with Crippen LogP contribution in [0, 0.1) is 17.0 Å². The molecule has 1 aromatic carbocycles. The smallest absolute Gasteiger partial charge is 0.319 e. The first-order chi connectivity index (χ1) is 10.7. The van der Waals surface area contributed by atoms with Gasteiger partial charge >= 0.3 is 5.69 Å². The topological polar surface area (TPSA) is 147 Å². The number of nitro groups is 1. The zero-order valence-electron chi connectivity index (χ0n) is 12.2. The minimum Gasteiger partial charge on any atom is -0.320 e. The molecule has 2 rings (SSSR count). The summed E-state index contributed by atoms with van der Waals surface area (Å²) in [4.78, 5) is 22.1. The van der Waals surface area contributed by atoms with Crippen molar-refractivity contribution in [3.8, 4) is 0 Å². The number of aromatic nitrogens is 2. The van der Waals surface area contributed by atoms with Crippen molar-refractivity contribution in [2.45, 2.75) is 6.92 Å². The molecule has 0 radical (unpaired) electrons. The first-order valence-corrected chi connectivity index (χ1v) is 8.14. The van der Waals surface area contributed by atoms with Crippen molar-refractivity contribution in [2.75, 3.05) is 16.3 Å². The molecule has 0 fully saturated rings. The minimum absolute atomic E-state index is 0.274. The van der Waals surface area contributed by atoms with Crippen LogP contribution < -0.4 is 10.0 Å². The van der Waals surface area contributed by atoms with Crippen LogP contribution in [0.5, 0.6) is 0 Å². The molecule has 3 N–H and O–H groups in total. The Bertz CT molecular complexity index is 874. The Morgan fingerprint density at radius 2 is 2.09 bits per heavy atom. The van der Waals surface area contributed by atoms with E-state index in [1.54, 1.807) is 19.1 Å². The van der Waals surface area contributed by atoms with Gasteiger partial charge in [-0.1, -0.05) is 6.07 Å². The summed E-state index contributed by atoms with van der Waals surface area (Å²) in [5.41, 5.74) is 0.471. The highest BCUT2D eigenvalue weighted by molar-refractivity contribution is 7.92. The fraction of sp³-hybridized carbons (Fsp3) is 0.167. The fourth-order valence-corrected chi connectivity index (χ4v) is 2.41. The molecule has 1 amide bonds. The standard InChI is InChI=1S/C12H13N5O5S/c1-7-3-4-8(5-9(7)16-23(2,21)22)14-12(18)11-10(17(19)20)6-13-15-11/h3-6,16H,1-2H3,(H,13,15)(H,14,18). The number of amides is 1. The number of aromatic amines is 1. The summed E-state index contributed by atoms with van der Waals surface area (Å²) in [7, 11) is -3.47. The van der Waals surface area contributed by atoms with Gasteiger partial charge in [-0.25, -0.2) is 8.42 Å². The lowest BCUT2D eigenvalue weighted by Gasteiger charge is -2.10. The molecule has 0 aliphatic carbocycles. The van der Waals surface area contributed by atoms with Crippen LogP contribution in [0.4, 0.5) is 17.1 Å². The van der Waals surface area contributed by atoms with Crippen molar-refractivity contribution in [1.29, 1.82) is 0 Å². The van der Waals surface area contributed by atoms with Crippen LogP contribution in [0.15, 0.2) is 24.4 Å². The van der Waals surface area contributed by atoms with Crippen LogP contribution in [0.3, 0.4) is 0 Å². The number of nitrogens with zero attached hydrogens (tertiary/aromatic N) is 2. The van der Waals surface area contributed by atoms with E-state index in [-0.39, 0.29) is 11.4 Å². The number of aryl methyl sites for hydroxylation is 1. The van der Waals surface area contributed by atoms with Crippen LogP contribution >= 0.6 is 0 Å². The van der Waals surface area contributed by atoms with Gasteiger partial charge in [-0.05, 0) is 24.6 Å². The average molecular weight is 339 g/mol. The summed E-state index contributed by atoms with van der Waals surface area (Å²) in [5, 5.41) is 19.0. The maximum atomic E-state index is 12.1. The molecule has 0 aliphatic rings. The normalized spacial score (nSPS) is 11.0. The molecule has 1 heterocycles. The Hall–Kier alpha value is -2.95. The number of hydrogen-bond acceptors (Lipinski definition) is 6. The van der Waals surface area contributed by atoms with Crippen LogP contribution in [-0.2, 0) is 10.0 Å². The minimum atomic E-state index is -3.47. The predicted octanol–water partition coefficient (Wildman–Crippen LogP) is 1.25. The van der Waals surface area contributed by atoms with E-state index in [0.717, 1.165) is 12.5 Å². The van der Waals surface area contributed by atoms with Gasteiger partial charge in [0.15, 0.2) is 0 Å². The van der Waals surface area contributed by atoms with Gasteiger partial charge in [0, 0.05) is 5.69 Å². The number of hydrogen-bond donors (Lipinski definition) is 3. The molecule has 10 nitrogen and oxygen atoms in total. The van der Waals surface area contributed by atoms with E-state index in [2.05, 4.69) is 20.2 Å². The maximum absolute atomic E-state index is 12.1. The predicted molar refractivity (Wildman–Crippen MR) is 82.8 cm³/mol. The van der Waals surface area contributed by atoms with Crippen LogP contribution in [0.1, 0.15) is 16.1 Å². The van der Waals surface area contributed by atoms with Gasteiger partial charge < -0.3 is 5.32 Å². The Morgan fingerprint density at radius 1 is 1.39 bits per heavy atom. The van der Waals surface area contributed by atoms with Crippen LogP contribution in [-0.4, -0.2) is 35.7 Å². The van der Waals surface area contributed by atoms with Gasteiger partial charge in [-0.3, -0.25) is 24.7 Å². The van der Waals surface area contributed by atoms with Crippen molar-refractivity contribution in [2.24, 2.45) is 0 Å². The zero-order valence-corrected chi connectivity index (χ0v) is 13.0. The molecular weight excluding hydrogens is 326 g/mol. The lowest BCUT2D eigenvalue weighted by Crippen LogP contribution is -2.15. The second-order valence-corrected chi connectivity index (χ2v) is 6.49. The number of carbonyl (C=O) groups excluding carboxylic acids is 1. The molecule has 122 valence electrons. The van der Waals surface area contributed by atoms with Gasteiger partial charge in [-0.2, -0.15) is 5.10 Å². The highest BCUT2D eigenvalue weighted by Crippen LogP contribution is 2.22. The number of benzene rings is 1. The number of anilines is 2. The molecule has 11 heteroatoms. The SMILES string of the molecule is Cc1ccc(NC(=O)c2[nH]ncc2[N+](=O)[O-])cc1NS(C)(=O)=O. The molecular formula is C12H13N5O5S. The van der Waals surface area contributed by atoms with Gasteiger partial charge in [0.05, 0.1) is 16.9 Å². The molecule has 0 bridgehead atoms. The first-order valence-electron chi connectivity index (χ1n) is 6.25. The number of carbonyl (C=O) groups is 1. The van der Waals surface area contributed by atoms with E-state index < -0.39 is 26.5 Å². The van der Waals surface area contributed by atoms with E-state index in [9.17, 15) is 23.3 Å². The number of nitrogens with one attached hydrogen (secondary N) is 3. The van der Waals surface area contributed by atoms with Gasteiger partial charge in [0.25, 0.3) is 5.91 Å². The third kappa shape index (κ3) is 4.03. The average Bonchev–Trinajstić information content (AvgIpc) is 2.90. The van der Waals surface area contributed by atoms with Gasteiger partial charge in [-0.15, -0.1) is 0 Å². The first kappa shape index (κ1) is 16.4. The van der Waals surface area contributed by atoms with E-state index in [0.29, 0.717) is 11.3 Å². The van der Waals surface area contributed by atoms with Crippen molar-refractivity contribution in [1.82, 2.24) is 10.2 Å². The van der Waals surface area contributed by atoms with E-state index in [1.165, 1.54) is 6.07 Å². The number of H-pyrrole nitrogens is 1. The summed E-state index contributed by atoms with van der Waals surface area (Å²) < 4.78 is 24.9. The Labute approximate surface area is 131 Å². The highest BCUT2D eigenvalue weighted by Gasteiger charge is 2.23. The van der Waals surface area contributed by atoms with Crippen molar-refractivity contribution < 1.29 is 18.1 Å². The van der Waals surface area contributed by atoms with Crippen molar-refractivity contribution in [3.63, 3.8) is 0 Å². The highest BCUT2D eigenvalue weighted by atomic mass is 32.2. The van der Waals surface area contributed by atoms with E-state index >= 15 is 0 Å². The van der Waals surface area contributed by atoms with Crippen molar-refractivity contribution >= 4 is 33.0 Å².